The molecule has 0 aromatic heterocycles. The van der Waals surface area contributed by atoms with Gasteiger partial charge in [-0.3, -0.25) is 0 Å². The molecule has 1 unspecified atom stereocenters. The maximum absolute atomic E-state index is 11.9. The predicted molar refractivity (Wildman–Crippen MR) is 68.7 cm³/mol. The molecule has 92 valence electrons. The number of esters is 1. The highest BCUT2D eigenvalue weighted by molar-refractivity contribution is 5.97. The van der Waals surface area contributed by atoms with Gasteiger partial charge in [-0.1, -0.05) is 13.0 Å². The highest BCUT2D eigenvalue weighted by atomic mass is 16.5. The van der Waals surface area contributed by atoms with Crippen molar-refractivity contribution in [2.45, 2.75) is 33.1 Å². The van der Waals surface area contributed by atoms with Gasteiger partial charge in [0.15, 0.2) is 0 Å². The molecule has 1 aliphatic heterocycles. The van der Waals surface area contributed by atoms with Gasteiger partial charge in [0.1, 0.15) is 0 Å². The van der Waals surface area contributed by atoms with Crippen molar-refractivity contribution in [3.8, 4) is 0 Å². The molecule has 17 heavy (non-hydrogen) atoms. The van der Waals surface area contributed by atoms with Gasteiger partial charge < -0.3 is 10.1 Å². The minimum absolute atomic E-state index is 0.228. The third kappa shape index (κ3) is 2.28. The molecule has 0 spiro atoms. The lowest BCUT2D eigenvalue weighted by atomic mass is 9.89. The van der Waals surface area contributed by atoms with E-state index in [9.17, 15) is 4.79 Å². The lowest BCUT2D eigenvalue weighted by Gasteiger charge is -2.26. The second kappa shape index (κ2) is 4.78. The van der Waals surface area contributed by atoms with Gasteiger partial charge in [-0.15, -0.1) is 0 Å². The van der Waals surface area contributed by atoms with E-state index in [-0.39, 0.29) is 5.97 Å². The zero-order valence-electron chi connectivity index (χ0n) is 10.7. The van der Waals surface area contributed by atoms with Gasteiger partial charge in [0.2, 0.25) is 0 Å². The summed E-state index contributed by atoms with van der Waals surface area (Å²) in [5.74, 6) is 0.272. The first-order chi connectivity index (χ1) is 8.13. The SMILES string of the molecule is CCOC(=O)c1cc(C)cc2c1NCCC2C. The number of carbonyl (C=O) groups excluding carboxylic acids is 1. The topological polar surface area (TPSA) is 38.3 Å². The summed E-state index contributed by atoms with van der Waals surface area (Å²) >= 11 is 0. The maximum Gasteiger partial charge on any atom is 0.340 e. The Morgan fingerprint density at radius 3 is 3.00 bits per heavy atom. The number of hydrogen-bond acceptors (Lipinski definition) is 3. The molecule has 1 N–H and O–H groups in total. The second-order valence-electron chi connectivity index (χ2n) is 4.61. The number of hydrogen-bond donors (Lipinski definition) is 1. The summed E-state index contributed by atoms with van der Waals surface area (Å²) in [4.78, 5) is 11.9. The molecule has 1 aromatic rings. The molecule has 1 atom stereocenters. The minimum Gasteiger partial charge on any atom is -0.462 e. The van der Waals surface area contributed by atoms with Crippen LogP contribution in [-0.2, 0) is 4.74 Å². The van der Waals surface area contributed by atoms with Crippen molar-refractivity contribution in [1.29, 1.82) is 0 Å². The van der Waals surface area contributed by atoms with Gasteiger partial charge in [-0.2, -0.15) is 0 Å². The molecule has 0 aliphatic carbocycles. The van der Waals surface area contributed by atoms with Crippen LogP contribution < -0.4 is 5.32 Å². The van der Waals surface area contributed by atoms with E-state index in [1.165, 1.54) is 5.56 Å². The van der Waals surface area contributed by atoms with E-state index in [0.29, 0.717) is 18.1 Å². The van der Waals surface area contributed by atoms with Crippen LogP contribution >= 0.6 is 0 Å². The van der Waals surface area contributed by atoms with Crippen LogP contribution in [0.2, 0.25) is 0 Å². The highest BCUT2D eigenvalue weighted by Gasteiger charge is 2.22. The van der Waals surface area contributed by atoms with E-state index in [2.05, 4.69) is 18.3 Å². The number of nitrogens with one attached hydrogen (secondary N) is 1. The van der Waals surface area contributed by atoms with E-state index in [1.807, 2.05) is 19.9 Å². The smallest absolute Gasteiger partial charge is 0.340 e. The molecule has 0 saturated heterocycles. The molecule has 2 rings (SSSR count). The van der Waals surface area contributed by atoms with Crippen LogP contribution in [0, 0.1) is 6.92 Å². The molecule has 0 saturated carbocycles. The van der Waals surface area contributed by atoms with Gasteiger partial charge in [-0.25, -0.2) is 4.79 Å². The first-order valence-corrected chi connectivity index (χ1v) is 6.19. The summed E-state index contributed by atoms with van der Waals surface area (Å²) in [5.41, 5.74) is 3.99. The van der Waals surface area contributed by atoms with E-state index < -0.39 is 0 Å². The number of ether oxygens (including phenoxy) is 1. The van der Waals surface area contributed by atoms with Gasteiger partial charge in [-0.05, 0) is 43.4 Å². The number of rotatable bonds is 2. The molecule has 1 heterocycles. The van der Waals surface area contributed by atoms with Crippen molar-refractivity contribution in [3.05, 3.63) is 28.8 Å². The van der Waals surface area contributed by atoms with Crippen LogP contribution in [0.25, 0.3) is 0 Å². The number of fused-ring (bicyclic) bond motifs is 1. The van der Waals surface area contributed by atoms with Crippen LogP contribution in [0.4, 0.5) is 5.69 Å². The zero-order chi connectivity index (χ0) is 12.4. The van der Waals surface area contributed by atoms with Crippen LogP contribution in [0.3, 0.4) is 0 Å². The number of aryl methyl sites for hydroxylation is 1. The average molecular weight is 233 g/mol. The van der Waals surface area contributed by atoms with Gasteiger partial charge >= 0.3 is 5.97 Å². The van der Waals surface area contributed by atoms with Crippen molar-refractivity contribution >= 4 is 11.7 Å². The largest absolute Gasteiger partial charge is 0.462 e. The summed E-state index contributed by atoms with van der Waals surface area (Å²) in [6, 6.07) is 4.07. The van der Waals surface area contributed by atoms with Crippen molar-refractivity contribution in [2.24, 2.45) is 0 Å². The van der Waals surface area contributed by atoms with E-state index in [1.54, 1.807) is 0 Å². The Morgan fingerprint density at radius 1 is 1.53 bits per heavy atom. The fourth-order valence-electron chi connectivity index (χ4n) is 2.34. The number of benzene rings is 1. The van der Waals surface area contributed by atoms with Crippen LogP contribution in [0.5, 0.6) is 0 Å². The zero-order valence-corrected chi connectivity index (χ0v) is 10.7. The summed E-state index contributed by atoms with van der Waals surface area (Å²) in [6.07, 6.45) is 1.11. The van der Waals surface area contributed by atoms with Crippen LogP contribution in [-0.4, -0.2) is 19.1 Å². The van der Waals surface area contributed by atoms with Crippen molar-refractivity contribution in [3.63, 3.8) is 0 Å². The Morgan fingerprint density at radius 2 is 2.29 bits per heavy atom. The summed E-state index contributed by atoms with van der Waals surface area (Å²) < 4.78 is 5.11. The summed E-state index contributed by atoms with van der Waals surface area (Å²) in [6.45, 7) is 7.38. The summed E-state index contributed by atoms with van der Waals surface area (Å²) in [7, 11) is 0. The van der Waals surface area contributed by atoms with Crippen molar-refractivity contribution < 1.29 is 9.53 Å². The molecular formula is C14H19NO2. The second-order valence-corrected chi connectivity index (χ2v) is 4.61. The Kier molecular flexibility index (Phi) is 3.36. The van der Waals surface area contributed by atoms with Crippen molar-refractivity contribution in [2.75, 3.05) is 18.5 Å². The van der Waals surface area contributed by atoms with E-state index in [4.69, 9.17) is 4.74 Å². The number of anilines is 1. The molecule has 0 bridgehead atoms. The lowest BCUT2D eigenvalue weighted by Crippen LogP contribution is -2.19. The first kappa shape index (κ1) is 12.0. The molecule has 0 radical (unpaired) electrons. The predicted octanol–water partition coefficient (Wildman–Crippen LogP) is 3.09. The minimum atomic E-state index is -0.228. The monoisotopic (exact) mass is 233 g/mol. The fourth-order valence-corrected chi connectivity index (χ4v) is 2.34. The molecular weight excluding hydrogens is 214 g/mol. The van der Waals surface area contributed by atoms with Gasteiger partial charge in [0.05, 0.1) is 17.9 Å². The highest BCUT2D eigenvalue weighted by Crippen LogP contribution is 2.35. The molecule has 0 amide bonds. The van der Waals surface area contributed by atoms with Gasteiger partial charge in [0.25, 0.3) is 0 Å². The standard InChI is InChI=1S/C14H19NO2/c1-4-17-14(16)12-8-9(2)7-11-10(3)5-6-15-13(11)12/h7-8,10,15H,4-6H2,1-3H3. The normalized spacial score (nSPS) is 18.2. The third-order valence-corrected chi connectivity index (χ3v) is 3.22. The fraction of sp³-hybridized carbons (Fsp3) is 0.500. The Hall–Kier alpha value is -1.51. The Labute approximate surface area is 102 Å². The number of carbonyl (C=O) groups is 1. The molecule has 1 aromatic carbocycles. The van der Waals surface area contributed by atoms with Crippen molar-refractivity contribution in [1.82, 2.24) is 0 Å². The Bertz CT molecular complexity index is 440. The van der Waals surface area contributed by atoms with E-state index >= 15 is 0 Å². The first-order valence-electron chi connectivity index (χ1n) is 6.19. The lowest BCUT2D eigenvalue weighted by molar-refractivity contribution is 0.0527. The summed E-state index contributed by atoms with van der Waals surface area (Å²) in [5, 5.41) is 3.33. The average Bonchev–Trinajstić information content (AvgIpc) is 2.30. The maximum atomic E-state index is 11.9. The Balaban J connectivity index is 2.48. The molecule has 3 heteroatoms. The third-order valence-electron chi connectivity index (χ3n) is 3.22. The quantitative estimate of drug-likeness (QED) is 0.798. The van der Waals surface area contributed by atoms with E-state index in [0.717, 1.165) is 24.2 Å². The van der Waals surface area contributed by atoms with Crippen LogP contribution in [0.1, 0.15) is 47.7 Å². The van der Waals surface area contributed by atoms with Gasteiger partial charge in [0, 0.05) is 6.54 Å². The van der Waals surface area contributed by atoms with Crippen LogP contribution in [0.15, 0.2) is 12.1 Å². The molecule has 1 aliphatic rings. The molecule has 3 nitrogen and oxygen atoms in total. The molecule has 0 fully saturated rings.